The molecule has 0 saturated heterocycles. The van der Waals surface area contributed by atoms with E-state index in [1.165, 1.54) is 0 Å². The van der Waals surface area contributed by atoms with Gasteiger partial charge in [0.1, 0.15) is 6.10 Å². The Hall–Kier alpha value is -2.19. The molecule has 1 atom stereocenters. The zero-order chi connectivity index (χ0) is 18.3. The van der Waals surface area contributed by atoms with E-state index in [4.69, 9.17) is 0 Å². The average molecular weight is 358 g/mol. The zero-order valence-electron chi connectivity index (χ0n) is 15.4. The van der Waals surface area contributed by atoms with Crippen molar-refractivity contribution in [1.82, 2.24) is 29.1 Å². The number of carbonyl (C=O) groups is 1. The van der Waals surface area contributed by atoms with Crippen LogP contribution in [0, 0.1) is 5.41 Å². The number of hydrogen-bond donors (Lipinski definition) is 1. The third kappa shape index (κ3) is 3.26. The summed E-state index contributed by atoms with van der Waals surface area (Å²) in [4.78, 5) is 21.1. The summed E-state index contributed by atoms with van der Waals surface area (Å²) in [6, 6.07) is 1.93. The molecule has 8 nitrogen and oxygen atoms in total. The van der Waals surface area contributed by atoms with Crippen LogP contribution in [0.15, 0.2) is 24.8 Å². The largest absolute Gasteiger partial charge is 0.385 e. The molecule has 1 aliphatic carbocycles. The van der Waals surface area contributed by atoms with Crippen LogP contribution in [0.25, 0.3) is 0 Å². The summed E-state index contributed by atoms with van der Waals surface area (Å²) in [7, 11) is 3.85. The fraction of sp³-hybridized carbons (Fsp3) is 0.611. The molecular formula is C18H26N6O2. The molecule has 0 bridgehead atoms. The number of aromatic nitrogens is 4. The van der Waals surface area contributed by atoms with Gasteiger partial charge in [0.05, 0.1) is 36.2 Å². The van der Waals surface area contributed by atoms with Gasteiger partial charge in [0.25, 0.3) is 0 Å². The van der Waals surface area contributed by atoms with Crippen molar-refractivity contribution in [3.63, 3.8) is 0 Å². The average Bonchev–Trinajstić information content (AvgIpc) is 3.02. The van der Waals surface area contributed by atoms with E-state index in [9.17, 15) is 9.90 Å². The lowest BCUT2D eigenvalue weighted by molar-refractivity contribution is -0.139. The molecule has 26 heavy (non-hydrogen) atoms. The van der Waals surface area contributed by atoms with E-state index in [2.05, 4.69) is 10.1 Å². The fourth-order valence-corrected chi connectivity index (χ4v) is 3.72. The number of carbonyl (C=O) groups excluding carboxylic acids is 1. The fourth-order valence-electron chi connectivity index (χ4n) is 3.72. The maximum atomic E-state index is 13.1. The molecule has 1 fully saturated rings. The lowest BCUT2D eigenvalue weighted by Crippen LogP contribution is -2.43. The van der Waals surface area contributed by atoms with Gasteiger partial charge in [-0.05, 0) is 33.0 Å². The molecule has 1 amide bonds. The Labute approximate surface area is 153 Å². The zero-order valence-corrected chi connectivity index (χ0v) is 15.4. The summed E-state index contributed by atoms with van der Waals surface area (Å²) in [5, 5.41) is 14.8. The van der Waals surface area contributed by atoms with Crippen molar-refractivity contribution in [1.29, 1.82) is 0 Å². The maximum absolute atomic E-state index is 13.1. The Bertz CT molecular complexity index is 778. The van der Waals surface area contributed by atoms with Crippen molar-refractivity contribution >= 4 is 5.91 Å². The molecule has 0 unspecified atom stereocenters. The number of amides is 1. The van der Waals surface area contributed by atoms with Crippen molar-refractivity contribution in [3.05, 3.63) is 36.2 Å². The van der Waals surface area contributed by atoms with Crippen molar-refractivity contribution in [3.8, 4) is 0 Å². The monoisotopic (exact) mass is 358 g/mol. The molecule has 140 valence electrons. The number of imidazole rings is 1. The Kier molecular flexibility index (Phi) is 4.32. The third-order valence-electron chi connectivity index (χ3n) is 5.34. The quantitative estimate of drug-likeness (QED) is 0.813. The van der Waals surface area contributed by atoms with Crippen LogP contribution in [0.1, 0.15) is 30.3 Å². The van der Waals surface area contributed by atoms with E-state index < -0.39 is 6.10 Å². The summed E-state index contributed by atoms with van der Waals surface area (Å²) < 4.78 is 3.92. The first-order valence-corrected chi connectivity index (χ1v) is 9.11. The minimum absolute atomic E-state index is 0.231. The predicted molar refractivity (Wildman–Crippen MR) is 95.1 cm³/mol. The van der Waals surface area contributed by atoms with Crippen molar-refractivity contribution < 1.29 is 9.90 Å². The number of hydrogen-bond acceptors (Lipinski definition) is 5. The van der Waals surface area contributed by atoms with Crippen LogP contribution in [-0.4, -0.2) is 67.3 Å². The van der Waals surface area contributed by atoms with Gasteiger partial charge in [-0.15, -0.1) is 0 Å². The van der Waals surface area contributed by atoms with Gasteiger partial charge < -0.3 is 19.5 Å². The van der Waals surface area contributed by atoms with Crippen molar-refractivity contribution in [2.75, 3.05) is 27.2 Å². The second kappa shape index (κ2) is 6.51. The number of aliphatic hydroxyl groups excluding tert-OH is 1. The molecular weight excluding hydrogens is 332 g/mol. The Morgan fingerprint density at radius 1 is 1.38 bits per heavy atom. The number of fused-ring (bicyclic) bond motifs is 1. The van der Waals surface area contributed by atoms with Gasteiger partial charge in [-0.1, -0.05) is 0 Å². The second-order valence-electron chi connectivity index (χ2n) is 7.80. The van der Waals surface area contributed by atoms with Gasteiger partial charge in [-0.25, -0.2) is 4.98 Å². The summed E-state index contributed by atoms with van der Waals surface area (Å²) in [6.07, 6.45) is 6.71. The molecule has 3 heterocycles. The first-order chi connectivity index (χ1) is 12.5. The highest BCUT2D eigenvalue weighted by atomic mass is 16.3. The minimum Gasteiger partial charge on any atom is -0.385 e. The topological polar surface area (TPSA) is 79.4 Å². The van der Waals surface area contributed by atoms with Crippen molar-refractivity contribution in [2.45, 2.75) is 38.6 Å². The molecule has 2 aliphatic rings. The lowest BCUT2D eigenvalue weighted by Gasteiger charge is -2.31. The van der Waals surface area contributed by atoms with Crippen LogP contribution in [0.4, 0.5) is 0 Å². The van der Waals surface area contributed by atoms with E-state index in [1.807, 2.05) is 45.4 Å². The number of nitrogens with zero attached hydrogens (tertiary/aromatic N) is 6. The van der Waals surface area contributed by atoms with Crippen LogP contribution in [0.2, 0.25) is 0 Å². The van der Waals surface area contributed by atoms with Gasteiger partial charge in [-0.3, -0.25) is 9.48 Å². The Balaban J connectivity index is 1.45. The van der Waals surface area contributed by atoms with Crippen LogP contribution in [0.3, 0.4) is 0 Å². The van der Waals surface area contributed by atoms with Gasteiger partial charge in [0.2, 0.25) is 5.91 Å². The van der Waals surface area contributed by atoms with Crippen molar-refractivity contribution in [2.24, 2.45) is 5.41 Å². The minimum atomic E-state index is -0.608. The van der Waals surface area contributed by atoms with Gasteiger partial charge >= 0.3 is 0 Å². The molecule has 1 aliphatic heterocycles. The summed E-state index contributed by atoms with van der Waals surface area (Å²) >= 11 is 0. The van der Waals surface area contributed by atoms with E-state index >= 15 is 0 Å². The molecule has 4 rings (SSSR count). The lowest BCUT2D eigenvalue weighted by atomic mass is 10.0. The highest BCUT2D eigenvalue weighted by Gasteiger charge is 2.52. The highest BCUT2D eigenvalue weighted by molar-refractivity contribution is 5.85. The smallest absolute Gasteiger partial charge is 0.231 e. The standard InChI is InChI=1S/C18H26N6O2/c1-21(2)11-16(25)15-9-14-10-23(7-8-24(14)20-15)17(26)18(3-4-18)12-22-6-5-19-13-22/h5-6,9,13,16,25H,3-4,7-8,10-12H2,1-2H3/t16-/m0/s1. The number of rotatable bonds is 6. The summed E-state index contributed by atoms with van der Waals surface area (Å²) in [5.41, 5.74) is 1.41. The molecule has 2 aromatic heterocycles. The normalized spacial score (nSPS) is 19.5. The first-order valence-electron chi connectivity index (χ1n) is 9.11. The summed E-state index contributed by atoms with van der Waals surface area (Å²) in [5.74, 6) is 0.231. The molecule has 0 radical (unpaired) electrons. The molecule has 1 N–H and O–H groups in total. The van der Waals surface area contributed by atoms with Gasteiger partial charge in [0, 0.05) is 32.0 Å². The van der Waals surface area contributed by atoms with Gasteiger partial charge in [0.15, 0.2) is 0 Å². The molecule has 0 spiro atoms. The third-order valence-corrected chi connectivity index (χ3v) is 5.34. The Morgan fingerprint density at radius 2 is 2.19 bits per heavy atom. The number of aliphatic hydroxyl groups is 1. The van der Waals surface area contributed by atoms with E-state index in [0.29, 0.717) is 38.4 Å². The second-order valence-corrected chi connectivity index (χ2v) is 7.80. The molecule has 8 heteroatoms. The number of likely N-dealkylation sites (N-methyl/N-ethyl adjacent to an activating group) is 1. The van der Waals surface area contributed by atoms with Crippen LogP contribution >= 0.6 is 0 Å². The SMILES string of the molecule is CN(C)C[C@H](O)c1cc2n(n1)CCN(C(=O)C1(Cn3ccnc3)CC1)C2. The summed E-state index contributed by atoms with van der Waals surface area (Å²) in [6.45, 7) is 3.15. The van der Waals surface area contributed by atoms with E-state index in [0.717, 1.165) is 18.5 Å². The molecule has 2 aromatic rings. The van der Waals surface area contributed by atoms with E-state index in [1.54, 1.807) is 12.5 Å². The highest BCUT2D eigenvalue weighted by Crippen LogP contribution is 2.49. The first kappa shape index (κ1) is 17.2. The van der Waals surface area contributed by atoms with Gasteiger partial charge in [-0.2, -0.15) is 5.10 Å². The van der Waals surface area contributed by atoms with Crippen LogP contribution in [0.5, 0.6) is 0 Å². The maximum Gasteiger partial charge on any atom is 0.231 e. The van der Waals surface area contributed by atoms with E-state index in [-0.39, 0.29) is 11.3 Å². The molecule has 0 aromatic carbocycles. The van der Waals surface area contributed by atoms with Crippen LogP contribution in [-0.2, 0) is 24.4 Å². The Morgan fingerprint density at radius 3 is 2.85 bits per heavy atom. The predicted octanol–water partition coefficient (Wildman–Crippen LogP) is 0.497. The molecule has 1 saturated carbocycles. The van der Waals surface area contributed by atoms with Crippen LogP contribution < -0.4 is 0 Å².